The largest absolute Gasteiger partial charge is 0.241 e. The van der Waals surface area contributed by atoms with Crippen molar-refractivity contribution in [1.82, 2.24) is 4.72 Å². The molecule has 0 spiro atoms. The maximum absolute atomic E-state index is 12.1. The summed E-state index contributed by atoms with van der Waals surface area (Å²) in [5.41, 5.74) is 0. The smallest absolute Gasteiger partial charge is 0.207 e. The Hall–Kier alpha value is -0.350. The highest BCUT2D eigenvalue weighted by atomic mass is 79.9. The summed E-state index contributed by atoms with van der Waals surface area (Å²) in [7, 11) is -3.47. The zero-order chi connectivity index (χ0) is 13.1. The molecule has 1 N–H and O–H groups in total. The number of nitrogens with one attached hydrogen (secondary N) is 1. The number of aryl methyl sites for hydroxylation is 1. The van der Waals surface area contributed by atoms with Crippen LogP contribution in [0.25, 0.3) is 0 Å². The molecule has 6 heteroatoms. The van der Waals surface area contributed by atoms with Gasteiger partial charge in [-0.05, 0) is 35.3 Å². The molecule has 1 aromatic rings. The van der Waals surface area contributed by atoms with E-state index in [1.807, 2.05) is 6.92 Å². The van der Waals surface area contributed by atoms with Gasteiger partial charge in [0.05, 0.1) is 8.68 Å². The molecular formula is C11H14BrNO2S2. The van der Waals surface area contributed by atoms with E-state index in [-0.39, 0.29) is 6.04 Å². The Bertz CT molecular complexity index is 528. The summed E-state index contributed by atoms with van der Waals surface area (Å²) in [6.45, 7) is 3.69. The van der Waals surface area contributed by atoms with E-state index in [0.29, 0.717) is 17.7 Å². The van der Waals surface area contributed by atoms with Crippen LogP contribution in [-0.4, -0.2) is 14.5 Å². The predicted octanol–water partition coefficient (Wildman–Crippen LogP) is 2.90. The van der Waals surface area contributed by atoms with Crippen LogP contribution >= 0.6 is 27.3 Å². The molecule has 3 nitrogen and oxygen atoms in total. The molecule has 1 aromatic heterocycles. The van der Waals surface area contributed by atoms with E-state index >= 15 is 0 Å². The Balaban J connectivity index is 2.97. The maximum atomic E-state index is 12.1. The van der Waals surface area contributed by atoms with Crippen molar-refractivity contribution in [2.45, 2.75) is 37.6 Å². The molecule has 0 amide bonds. The Morgan fingerprint density at radius 1 is 1.65 bits per heavy atom. The van der Waals surface area contributed by atoms with Gasteiger partial charge >= 0.3 is 0 Å². The Morgan fingerprint density at radius 3 is 2.71 bits per heavy atom. The fourth-order valence-corrected chi connectivity index (χ4v) is 5.13. The Labute approximate surface area is 115 Å². The standard InChI is InChI=1S/C11H14BrNO2S2/c1-4-6-9(5-2)13-17(14,15)10-7-11(12)16-8(10)3/h1,7,9,13H,5-6H2,2-3H3. The highest BCUT2D eigenvalue weighted by Crippen LogP contribution is 2.29. The monoisotopic (exact) mass is 335 g/mol. The average Bonchev–Trinajstić information content (AvgIpc) is 2.57. The lowest BCUT2D eigenvalue weighted by atomic mass is 10.2. The molecule has 1 rings (SSSR count). The first kappa shape index (κ1) is 14.7. The first-order chi connectivity index (χ1) is 7.90. The molecule has 0 aliphatic heterocycles. The second kappa shape index (κ2) is 6.01. The molecule has 1 atom stereocenters. The van der Waals surface area contributed by atoms with Gasteiger partial charge in [-0.15, -0.1) is 23.7 Å². The van der Waals surface area contributed by atoms with E-state index in [9.17, 15) is 8.42 Å². The molecule has 0 saturated heterocycles. The SMILES string of the molecule is C#CCC(CC)NS(=O)(=O)c1cc(Br)sc1C. The molecule has 17 heavy (non-hydrogen) atoms. The molecule has 0 bridgehead atoms. The zero-order valence-electron chi connectivity index (χ0n) is 9.66. The summed E-state index contributed by atoms with van der Waals surface area (Å²) in [5.74, 6) is 2.48. The van der Waals surface area contributed by atoms with E-state index < -0.39 is 10.0 Å². The quantitative estimate of drug-likeness (QED) is 0.841. The number of thiophene rings is 1. The van der Waals surface area contributed by atoms with Crippen molar-refractivity contribution >= 4 is 37.3 Å². The summed E-state index contributed by atoms with van der Waals surface area (Å²) >= 11 is 4.68. The third-order valence-electron chi connectivity index (χ3n) is 2.31. The van der Waals surface area contributed by atoms with Crippen molar-refractivity contribution in [3.63, 3.8) is 0 Å². The molecule has 0 aromatic carbocycles. The molecule has 1 unspecified atom stereocenters. The highest BCUT2D eigenvalue weighted by Gasteiger charge is 2.22. The van der Waals surface area contributed by atoms with E-state index in [2.05, 4.69) is 26.6 Å². The molecule has 0 radical (unpaired) electrons. The fourth-order valence-electron chi connectivity index (χ4n) is 1.39. The van der Waals surface area contributed by atoms with Crippen LogP contribution in [0.2, 0.25) is 0 Å². The van der Waals surface area contributed by atoms with Crippen LogP contribution in [0.3, 0.4) is 0 Å². The third-order valence-corrected chi connectivity index (χ3v) is 5.64. The summed E-state index contributed by atoms with van der Waals surface area (Å²) < 4.78 is 27.7. The van der Waals surface area contributed by atoms with Gasteiger partial charge in [-0.3, -0.25) is 0 Å². The van der Waals surface area contributed by atoms with Crippen molar-refractivity contribution in [2.24, 2.45) is 0 Å². The van der Waals surface area contributed by atoms with Gasteiger partial charge < -0.3 is 0 Å². The van der Waals surface area contributed by atoms with Crippen molar-refractivity contribution in [1.29, 1.82) is 0 Å². The van der Waals surface area contributed by atoms with Crippen molar-refractivity contribution in [2.75, 3.05) is 0 Å². The normalized spacial score (nSPS) is 13.3. The number of terminal acetylenes is 1. The lowest BCUT2D eigenvalue weighted by Crippen LogP contribution is -2.34. The van der Waals surface area contributed by atoms with E-state index in [4.69, 9.17) is 6.42 Å². The molecule has 0 aliphatic rings. The van der Waals surface area contributed by atoms with Crippen LogP contribution in [0.15, 0.2) is 14.7 Å². The molecular weight excluding hydrogens is 322 g/mol. The van der Waals surface area contributed by atoms with Crippen molar-refractivity contribution < 1.29 is 8.42 Å². The number of rotatable bonds is 5. The van der Waals surface area contributed by atoms with Crippen LogP contribution < -0.4 is 4.72 Å². The third kappa shape index (κ3) is 3.81. The van der Waals surface area contributed by atoms with Gasteiger partial charge in [-0.1, -0.05) is 6.92 Å². The number of sulfonamides is 1. The minimum absolute atomic E-state index is 0.205. The summed E-state index contributed by atoms with van der Waals surface area (Å²) in [6.07, 6.45) is 6.28. The first-order valence-electron chi connectivity index (χ1n) is 5.12. The molecule has 0 aliphatic carbocycles. The van der Waals surface area contributed by atoms with Crippen LogP contribution in [0.4, 0.5) is 0 Å². The van der Waals surface area contributed by atoms with E-state index in [0.717, 1.165) is 8.66 Å². The van der Waals surface area contributed by atoms with Crippen LogP contribution in [-0.2, 0) is 10.0 Å². The molecule has 1 heterocycles. The zero-order valence-corrected chi connectivity index (χ0v) is 12.9. The van der Waals surface area contributed by atoms with Crippen LogP contribution in [0, 0.1) is 19.3 Å². The topological polar surface area (TPSA) is 46.2 Å². The highest BCUT2D eigenvalue weighted by molar-refractivity contribution is 9.11. The lowest BCUT2D eigenvalue weighted by molar-refractivity contribution is 0.544. The predicted molar refractivity (Wildman–Crippen MR) is 74.6 cm³/mol. The first-order valence-corrected chi connectivity index (χ1v) is 8.21. The number of hydrogen-bond acceptors (Lipinski definition) is 3. The fraction of sp³-hybridized carbons (Fsp3) is 0.455. The average molecular weight is 336 g/mol. The Morgan fingerprint density at radius 2 is 2.29 bits per heavy atom. The minimum atomic E-state index is -3.47. The maximum Gasteiger partial charge on any atom is 0.241 e. The van der Waals surface area contributed by atoms with Gasteiger partial charge in [-0.2, -0.15) is 0 Å². The second-order valence-corrected chi connectivity index (χ2v) is 7.92. The minimum Gasteiger partial charge on any atom is -0.207 e. The Kier molecular flexibility index (Phi) is 5.20. The van der Waals surface area contributed by atoms with Gasteiger partial charge in [0.2, 0.25) is 10.0 Å². The number of hydrogen-bond donors (Lipinski definition) is 1. The van der Waals surface area contributed by atoms with Crippen LogP contribution in [0.5, 0.6) is 0 Å². The molecule has 0 saturated carbocycles. The van der Waals surface area contributed by atoms with Gasteiger partial charge in [0.15, 0.2) is 0 Å². The molecule has 94 valence electrons. The summed E-state index contributed by atoms with van der Waals surface area (Å²) in [4.78, 5) is 1.09. The molecule has 0 fully saturated rings. The van der Waals surface area contributed by atoms with Gasteiger partial charge in [0.1, 0.15) is 0 Å². The van der Waals surface area contributed by atoms with Crippen molar-refractivity contribution in [3.8, 4) is 12.3 Å². The number of halogens is 1. The van der Waals surface area contributed by atoms with Crippen LogP contribution in [0.1, 0.15) is 24.6 Å². The summed E-state index contributed by atoms with van der Waals surface area (Å²) in [5, 5.41) is 0. The van der Waals surface area contributed by atoms with Gasteiger partial charge in [0.25, 0.3) is 0 Å². The van der Waals surface area contributed by atoms with Gasteiger partial charge in [0, 0.05) is 17.3 Å². The summed E-state index contributed by atoms with van der Waals surface area (Å²) in [6, 6.07) is 1.41. The van der Waals surface area contributed by atoms with E-state index in [1.165, 1.54) is 11.3 Å². The second-order valence-electron chi connectivity index (χ2n) is 3.61. The van der Waals surface area contributed by atoms with E-state index in [1.54, 1.807) is 13.0 Å². The van der Waals surface area contributed by atoms with Crippen molar-refractivity contribution in [3.05, 3.63) is 14.7 Å². The lowest BCUT2D eigenvalue weighted by Gasteiger charge is -2.14. The van der Waals surface area contributed by atoms with Gasteiger partial charge in [-0.25, -0.2) is 13.1 Å².